The van der Waals surface area contributed by atoms with Crippen molar-refractivity contribution >= 4 is 21.8 Å². The molecule has 0 spiro atoms. The molecular weight excluding hydrogens is 234 g/mol. The number of alkyl halides is 1. The largest absolute Gasteiger partial charge is 0.396 e. The van der Waals surface area contributed by atoms with Crippen LogP contribution in [0.25, 0.3) is 0 Å². The maximum atomic E-state index is 11.1. The van der Waals surface area contributed by atoms with Crippen LogP contribution in [0.15, 0.2) is 0 Å². The fourth-order valence-electron chi connectivity index (χ4n) is 1.39. The molecule has 0 radical (unpaired) electrons. The van der Waals surface area contributed by atoms with Crippen LogP contribution >= 0.6 is 15.9 Å². The summed E-state index contributed by atoms with van der Waals surface area (Å²) in [7, 11) is 0. The van der Waals surface area contributed by atoms with Crippen LogP contribution in [0, 0.1) is 5.41 Å². The van der Waals surface area contributed by atoms with E-state index in [1.54, 1.807) is 0 Å². The maximum absolute atomic E-state index is 11.1. The molecule has 0 aliphatic heterocycles. The lowest BCUT2D eigenvalue weighted by molar-refractivity contribution is -0.120. The molecule has 2 N–H and O–H groups in total. The van der Waals surface area contributed by atoms with Crippen LogP contribution in [0.2, 0.25) is 0 Å². The minimum absolute atomic E-state index is 0.0982. The predicted octanol–water partition coefficient (Wildman–Crippen LogP) is 1.05. The lowest BCUT2D eigenvalue weighted by Gasteiger charge is -2.13. The molecule has 1 saturated carbocycles. The molecule has 1 aliphatic carbocycles. The zero-order valence-corrected chi connectivity index (χ0v) is 9.27. The first-order valence-corrected chi connectivity index (χ1v) is 5.78. The lowest BCUT2D eigenvalue weighted by atomic mass is 10.0. The van der Waals surface area contributed by atoms with E-state index in [0.29, 0.717) is 11.8 Å². The van der Waals surface area contributed by atoms with E-state index in [1.165, 1.54) is 0 Å². The SMILES string of the molecule is O=C(CCBr)NCC1(CCO)CC1. The highest BCUT2D eigenvalue weighted by Gasteiger charge is 2.41. The number of hydrogen-bond donors (Lipinski definition) is 2. The van der Waals surface area contributed by atoms with Crippen molar-refractivity contribution in [2.45, 2.75) is 25.7 Å². The molecule has 13 heavy (non-hydrogen) atoms. The summed E-state index contributed by atoms with van der Waals surface area (Å²) in [6, 6.07) is 0. The van der Waals surface area contributed by atoms with Gasteiger partial charge < -0.3 is 10.4 Å². The Kier molecular flexibility index (Phi) is 4.19. The number of halogens is 1. The van der Waals surface area contributed by atoms with Gasteiger partial charge in [-0.3, -0.25) is 4.79 Å². The zero-order valence-electron chi connectivity index (χ0n) is 7.68. The van der Waals surface area contributed by atoms with E-state index in [0.717, 1.165) is 25.8 Å². The van der Waals surface area contributed by atoms with Gasteiger partial charge in [-0.05, 0) is 24.7 Å². The minimum Gasteiger partial charge on any atom is -0.396 e. The molecule has 1 amide bonds. The molecule has 1 aliphatic rings. The number of hydrogen-bond acceptors (Lipinski definition) is 2. The molecule has 0 heterocycles. The van der Waals surface area contributed by atoms with Gasteiger partial charge in [0.1, 0.15) is 0 Å². The summed E-state index contributed by atoms with van der Waals surface area (Å²) in [6.07, 6.45) is 3.64. The topological polar surface area (TPSA) is 49.3 Å². The highest BCUT2D eigenvalue weighted by molar-refractivity contribution is 9.09. The number of carbonyl (C=O) groups excluding carboxylic acids is 1. The maximum Gasteiger partial charge on any atom is 0.220 e. The van der Waals surface area contributed by atoms with Gasteiger partial charge in [0.05, 0.1) is 0 Å². The minimum atomic E-state index is 0.0982. The smallest absolute Gasteiger partial charge is 0.220 e. The van der Waals surface area contributed by atoms with Crippen LogP contribution in [-0.4, -0.2) is 29.5 Å². The molecule has 0 saturated heterocycles. The summed E-state index contributed by atoms with van der Waals surface area (Å²) in [5.74, 6) is 0.0982. The average Bonchev–Trinajstić information content (AvgIpc) is 2.84. The second-order valence-electron chi connectivity index (χ2n) is 3.69. The van der Waals surface area contributed by atoms with E-state index < -0.39 is 0 Å². The average molecular weight is 250 g/mol. The van der Waals surface area contributed by atoms with Gasteiger partial charge in [0.25, 0.3) is 0 Å². The Morgan fingerprint density at radius 1 is 1.54 bits per heavy atom. The Morgan fingerprint density at radius 3 is 2.69 bits per heavy atom. The molecule has 1 fully saturated rings. The van der Waals surface area contributed by atoms with E-state index >= 15 is 0 Å². The third-order valence-electron chi connectivity index (χ3n) is 2.58. The van der Waals surface area contributed by atoms with Gasteiger partial charge in [0.15, 0.2) is 0 Å². The quantitative estimate of drug-likeness (QED) is 0.692. The Balaban J connectivity index is 2.14. The van der Waals surface area contributed by atoms with Gasteiger partial charge in [0.2, 0.25) is 5.91 Å². The molecule has 0 unspecified atom stereocenters. The molecule has 0 aromatic rings. The molecule has 76 valence electrons. The summed E-state index contributed by atoms with van der Waals surface area (Å²) in [5, 5.41) is 12.4. The Hall–Kier alpha value is -0.0900. The van der Waals surface area contributed by atoms with Crippen LogP contribution in [0.1, 0.15) is 25.7 Å². The van der Waals surface area contributed by atoms with E-state index in [2.05, 4.69) is 21.2 Å². The van der Waals surface area contributed by atoms with Crippen LogP contribution < -0.4 is 5.32 Å². The van der Waals surface area contributed by atoms with E-state index in [-0.39, 0.29) is 17.9 Å². The summed E-state index contributed by atoms with van der Waals surface area (Å²) < 4.78 is 0. The number of rotatable bonds is 6. The van der Waals surface area contributed by atoms with Crippen molar-refractivity contribution in [2.75, 3.05) is 18.5 Å². The number of aliphatic hydroxyl groups excluding tert-OH is 1. The molecule has 1 rings (SSSR count). The lowest BCUT2D eigenvalue weighted by Crippen LogP contribution is -2.30. The van der Waals surface area contributed by atoms with Crippen molar-refractivity contribution in [3.63, 3.8) is 0 Å². The molecule has 0 bridgehead atoms. The third kappa shape index (κ3) is 3.65. The molecule has 0 aromatic heterocycles. The second kappa shape index (κ2) is 4.96. The molecule has 3 nitrogen and oxygen atoms in total. The standard InChI is InChI=1S/C9H16BrNO2/c10-5-1-8(13)11-7-9(2-3-9)4-6-12/h12H,1-7H2,(H,11,13). The van der Waals surface area contributed by atoms with Gasteiger partial charge in [-0.15, -0.1) is 0 Å². The van der Waals surface area contributed by atoms with E-state index in [9.17, 15) is 4.79 Å². The highest BCUT2D eigenvalue weighted by atomic mass is 79.9. The number of nitrogens with one attached hydrogen (secondary N) is 1. The predicted molar refractivity (Wildman–Crippen MR) is 54.8 cm³/mol. The molecule has 0 atom stereocenters. The van der Waals surface area contributed by atoms with Crippen molar-refractivity contribution in [2.24, 2.45) is 5.41 Å². The van der Waals surface area contributed by atoms with Gasteiger partial charge in [0, 0.05) is 24.9 Å². The Bertz CT molecular complexity index is 180. The fourth-order valence-corrected chi connectivity index (χ4v) is 1.75. The molecule has 0 aromatic carbocycles. The molecule has 4 heteroatoms. The first kappa shape index (κ1) is 11.0. The van der Waals surface area contributed by atoms with Crippen LogP contribution in [0.5, 0.6) is 0 Å². The number of amides is 1. The van der Waals surface area contributed by atoms with Crippen molar-refractivity contribution in [1.82, 2.24) is 5.32 Å². The van der Waals surface area contributed by atoms with E-state index in [4.69, 9.17) is 5.11 Å². The van der Waals surface area contributed by atoms with Crippen molar-refractivity contribution in [1.29, 1.82) is 0 Å². The Labute approximate surface area is 87.0 Å². The van der Waals surface area contributed by atoms with Crippen molar-refractivity contribution in [3.8, 4) is 0 Å². The summed E-state index contributed by atoms with van der Waals surface area (Å²) in [5.41, 5.74) is 0.233. The van der Waals surface area contributed by atoms with Crippen molar-refractivity contribution < 1.29 is 9.90 Å². The summed E-state index contributed by atoms with van der Waals surface area (Å²) in [6.45, 7) is 0.966. The van der Waals surface area contributed by atoms with Gasteiger partial charge in [-0.25, -0.2) is 0 Å². The summed E-state index contributed by atoms with van der Waals surface area (Å²) >= 11 is 3.22. The van der Waals surface area contributed by atoms with Gasteiger partial charge in [-0.1, -0.05) is 15.9 Å². The third-order valence-corrected chi connectivity index (χ3v) is 2.98. The zero-order chi connectivity index (χ0) is 9.73. The normalized spacial score (nSPS) is 18.3. The van der Waals surface area contributed by atoms with Crippen LogP contribution in [0.4, 0.5) is 0 Å². The number of carbonyl (C=O) groups is 1. The van der Waals surface area contributed by atoms with Crippen molar-refractivity contribution in [3.05, 3.63) is 0 Å². The highest BCUT2D eigenvalue weighted by Crippen LogP contribution is 2.47. The number of aliphatic hydroxyl groups is 1. The van der Waals surface area contributed by atoms with Crippen LogP contribution in [0.3, 0.4) is 0 Å². The first-order chi connectivity index (χ1) is 6.22. The first-order valence-electron chi connectivity index (χ1n) is 4.66. The Morgan fingerprint density at radius 2 is 2.23 bits per heavy atom. The monoisotopic (exact) mass is 249 g/mol. The summed E-state index contributed by atoms with van der Waals surface area (Å²) in [4.78, 5) is 11.1. The second-order valence-corrected chi connectivity index (χ2v) is 4.48. The van der Waals surface area contributed by atoms with Gasteiger partial charge >= 0.3 is 0 Å². The van der Waals surface area contributed by atoms with Gasteiger partial charge in [-0.2, -0.15) is 0 Å². The fraction of sp³-hybridized carbons (Fsp3) is 0.889. The molecular formula is C9H16BrNO2. The van der Waals surface area contributed by atoms with E-state index in [1.807, 2.05) is 0 Å². The van der Waals surface area contributed by atoms with Crippen LogP contribution in [-0.2, 0) is 4.79 Å².